The Kier molecular flexibility index (Phi) is 6.06. The van der Waals surface area contributed by atoms with Gasteiger partial charge in [-0.1, -0.05) is 30.7 Å². The second-order valence-corrected chi connectivity index (χ2v) is 6.61. The Morgan fingerprint density at radius 2 is 1.90 bits per heavy atom. The lowest BCUT2D eigenvalue weighted by atomic mass is 9.97. The molecule has 0 amide bonds. The summed E-state index contributed by atoms with van der Waals surface area (Å²) in [6, 6.07) is 7.94. The van der Waals surface area contributed by atoms with Gasteiger partial charge in [-0.3, -0.25) is 0 Å². The molecular formula is C16H20Cl2N2S. The lowest BCUT2D eigenvalue weighted by molar-refractivity contribution is 0.222. The van der Waals surface area contributed by atoms with E-state index in [0.717, 1.165) is 16.3 Å². The molecule has 114 valence electrons. The van der Waals surface area contributed by atoms with Crippen LogP contribution in [0.2, 0.25) is 5.02 Å². The van der Waals surface area contributed by atoms with Gasteiger partial charge in [0.25, 0.3) is 0 Å². The fourth-order valence-electron chi connectivity index (χ4n) is 2.72. The Morgan fingerprint density at radius 3 is 2.52 bits per heavy atom. The number of nitrogens with zero attached hydrogens (tertiary/aromatic N) is 2. The van der Waals surface area contributed by atoms with Crippen LogP contribution in [0.3, 0.4) is 0 Å². The predicted octanol–water partition coefficient (Wildman–Crippen LogP) is 5.08. The summed E-state index contributed by atoms with van der Waals surface area (Å²) < 4.78 is 0. The van der Waals surface area contributed by atoms with Crippen molar-refractivity contribution in [3.63, 3.8) is 0 Å². The molecule has 0 N–H and O–H groups in total. The highest BCUT2D eigenvalue weighted by Crippen LogP contribution is 2.33. The van der Waals surface area contributed by atoms with Gasteiger partial charge in [0, 0.05) is 21.9 Å². The van der Waals surface area contributed by atoms with E-state index in [1.165, 1.54) is 37.5 Å². The van der Waals surface area contributed by atoms with Gasteiger partial charge < -0.3 is 4.90 Å². The molecule has 3 rings (SSSR count). The van der Waals surface area contributed by atoms with Crippen molar-refractivity contribution < 1.29 is 0 Å². The quantitative estimate of drug-likeness (QED) is 0.772. The molecule has 1 aliphatic rings. The first kappa shape index (κ1) is 16.8. The van der Waals surface area contributed by atoms with Gasteiger partial charge in [-0.15, -0.1) is 23.7 Å². The maximum Gasteiger partial charge on any atom is 0.0964 e. The van der Waals surface area contributed by atoms with Gasteiger partial charge in [0.2, 0.25) is 0 Å². The Morgan fingerprint density at radius 1 is 1.24 bits per heavy atom. The summed E-state index contributed by atoms with van der Waals surface area (Å²) in [4.78, 5) is 7.36. The predicted molar refractivity (Wildman–Crippen MR) is 93.9 cm³/mol. The van der Waals surface area contributed by atoms with Gasteiger partial charge in [0.15, 0.2) is 0 Å². The van der Waals surface area contributed by atoms with Crippen LogP contribution in [0.5, 0.6) is 0 Å². The summed E-state index contributed by atoms with van der Waals surface area (Å²) in [6.07, 6.45) is 2.48. The molecule has 2 heterocycles. The highest BCUT2D eigenvalue weighted by Gasteiger charge is 2.22. The van der Waals surface area contributed by atoms with E-state index in [4.69, 9.17) is 16.6 Å². The summed E-state index contributed by atoms with van der Waals surface area (Å²) in [5.74, 6) is 0.642. The molecule has 1 aromatic heterocycles. The van der Waals surface area contributed by atoms with Crippen LogP contribution < -0.4 is 0 Å². The Labute approximate surface area is 141 Å². The van der Waals surface area contributed by atoms with E-state index < -0.39 is 0 Å². The molecule has 0 saturated carbocycles. The summed E-state index contributed by atoms with van der Waals surface area (Å²) in [7, 11) is 0. The molecule has 2 aromatic rings. The molecule has 21 heavy (non-hydrogen) atoms. The van der Waals surface area contributed by atoms with Crippen molar-refractivity contribution >= 4 is 35.3 Å². The van der Waals surface area contributed by atoms with Crippen molar-refractivity contribution in [2.45, 2.75) is 25.7 Å². The van der Waals surface area contributed by atoms with Crippen molar-refractivity contribution in [3.05, 3.63) is 39.7 Å². The SMILES string of the molecule is CCN1CCC(c2nc(-c3ccc(Cl)cc3)cs2)CC1.Cl. The minimum atomic E-state index is 0. The van der Waals surface area contributed by atoms with Gasteiger partial charge in [-0.2, -0.15) is 0 Å². The van der Waals surface area contributed by atoms with Crippen LogP contribution >= 0.6 is 35.3 Å². The van der Waals surface area contributed by atoms with Crippen molar-refractivity contribution in [1.29, 1.82) is 0 Å². The molecule has 1 saturated heterocycles. The summed E-state index contributed by atoms with van der Waals surface area (Å²) >= 11 is 7.73. The van der Waals surface area contributed by atoms with Crippen LogP contribution in [-0.2, 0) is 0 Å². The molecule has 0 atom stereocenters. The van der Waals surface area contributed by atoms with Crippen molar-refractivity contribution in [1.82, 2.24) is 9.88 Å². The smallest absolute Gasteiger partial charge is 0.0964 e. The number of aromatic nitrogens is 1. The van der Waals surface area contributed by atoms with Crippen LogP contribution in [-0.4, -0.2) is 29.5 Å². The summed E-state index contributed by atoms with van der Waals surface area (Å²) in [5.41, 5.74) is 2.24. The zero-order chi connectivity index (χ0) is 13.9. The standard InChI is InChI=1S/C16H19ClN2S.ClH/c1-2-19-9-7-13(8-10-19)16-18-15(11-20-16)12-3-5-14(17)6-4-12;/h3-6,11,13H,2,7-10H2,1H3;1H. The molecule has 0 bridgehead atoms. The molecule has 2 nitrogen and oxygen atoms in total. The molecule has 5 heteroatoms. The number of hydrogen-bond donors (Lipinski definition) is 0. The normalized spacial score (nSPS) is 16.7. The fraction of sp³-hybridized carbons (Fsp3) is 0.438. The summed E-state index contributed by atoms with van der Waals surface area (Å²) in [5, 5.41) is 4.24. The first-order valence-electron chi connectivity index (χ1n) is 7.20. The van der Waals surface area contributed by atoms with Crippen molar-refractivity contribution in [3.8, 4) is 11.3 Å². The first-order valence-corrected chi connectivity index (χ1v) is 8.45. The largest absolute Gasteiger partial charge is 0.304 e. The van der Waals surface area contributed by atoms with Gasteiger partial charge in [0.05, 0.1) is 10.7 Å². The minimum absolute atomic E-state index is 0. The van der Waals surface area contributed by atoms with Crippen LogP contribution in [0.25, 0.3) is 11.3 Å². The van der Waals surface area contributed by atoms with Gasteiger partial charge in [-0.25, -0.2) is 4.98 Å². The Hall–Kier alpha value is -0.610. The zero-order valence-corrected chi connectivity index (χ0v) is 14.5. The van der Waals surface area contributed by atoms with E-state index in [1.54, 1.807) is 11.3 Å². The number of rotatable bonds is 3. The van der Waals surface area contributed by atoms with Crippen LogP contribution in [0.4, 0.5) is 0 Å². The third kappa shape index (κ3) is 3.98. The van der Waals surface area contributed by atoms with Crippen LogP contribution in [0.1, 0.15) is 30.7 Å². The highest BCUT2D eigenvalue weighted by atomic mass is 35.5. The van der Waals surface area contributed by atoms with Gasteiger partial charge >= 0.3 is 0 Å². The molecule has 0 aliphatic carbocycles. The number of piperidine rings is 1. The number of thiazole rings is 1. The summed E-state index contributed by atoms with van der Waals surface area (Å²) in [6.45, 7) is 5.82. The number of benzene rings is 1. The number of hydrogen-bond acceptors (Lipinski definition) is 3. The number of likely N-dealkylation sites (tertiary alicyclic amines) is 1. The molecule has 1 aromatic carbocycles. The van der Waals surface area contributed by atoms with E-state index in [2.05, 4.69) is 17.2 Å². The fourth-order valence-corrected chi connectivity index (χ4v) is 3.85. The second-order valence-electron chi connectivity index (χ2n) is 5.29. The van der Waals surface area contributed by atoms with E-state index in [0.29, 0.717) is 5.92 Å². The Bertz CT molecular complexity index is 560. The van der Waals surface area contributed by atoms with Crippen LogP contribution in [0.15, 0.2) is 29.6 Å². The topological polar surface area (TPSA) is 16.1 Å². The average molecular weight is 343 g/mol. The third-order valence-electron chi connectivity index (χ3n) is 4.05. The monoisotopic (exact) mass is 342 g/mol. The number of halogens is 2. The van der Waals surface area contributed by atoms with Crippen molar-refractivity contribution in [2.75, 3.05) is 19.6 Å². The van der Waals surface area contributed by atoms with E-state index in [9.17, 15) is 0 Å². The van der Waals surface area contributed by atoms with E-state index in [1.807, 2.05) is 24.3 Å². The lowest BCUT2D eigenvalue weighted by Gasteiger charge is -2.29. The molecular weight excluding hydrogens is 323 g/mol. The molecule has 1 aliphatic heterocycles. The van der Waals surface area contributed by atoms with Crippen LogP contribution in [0, 0.1) is 0 Å². The maximum absolute atomic E-state index is 5.93. The molecule has 0 radical (unpaired) electrons. The van der Waals surface area contributed by atoms with Gasteiger partial charge in [0.1, 0.15) is 0 Å². The second kappa shape index (κ2) is 7.59. The third-order valence-corrected chi connectivity index (χ3v) is 5.31. The minimum Gasteiger partial charge on any atom is -0.304 e. The highest BCUT2D eigenvalue weighted by molar-refractivity contribution is 7.10. The first-order chi connectivity index (χ1) is 9.76. The maximum atomic E-state index is 5.93. The molecule has 1 fully saturated rings. The van der Waals surface area contributed by atoms with Gasteiger partial charge in [-0.05, 0) is 44.6 Å². The van der Waals surface area contributed by atoms with E-state index in [-0.39, 0.29) is 12.4 Å². The average Bonchev–Trinajstić information content (AvgIpc) is 2.98. The van der Waals surface area contributed by atoms with E-state index >= 15 is 0 Å². The van der Waals surface area contributed by atoms with Crippen molar-refractivity contribution in [2.24, 2.45) is 0 Å². The Balaban J connectivity index is 0.00000161. The lowest BCUT2D eigenvalue weighted by Crippen LogP contribution is -2.32. The molecule has 0 spiro atoms. The zero-order valence-electron chi connectivity index (χ0n) is 12.1. The molecule has 0 unspecified atom stereocenters.